The van der Waals surface area contributed by atoms with Crippen molar-refractivity contribution >= 4 is 23.1 Å². The highest BCUT2D eigenvalue weighted by Crippen LogP contribution is 2.24. The van der Waals surface area contributed by atoms with E-state index in [0.29, 0.717) is 11.6 Å². The number of hydrogen-bond donors (Lipinski definition) is 1. The van der Waals surface area contributed by atoms with Crippen LogP contribution in [0.15, 0.2) is 60.7 Å². The molecule has 0 spiro atoms. The van der Waals surface area contributed by atoms with Gasteiger partial charge in [-0.1, -0.05) is 30.3 Å². The second kappa shape index (κ2) is 6.44. The molecule has 116 valence electrons. The van der Waals surface area contributed by atoms with Gasteiger partial charge in [-0.25, -0.2) is 9.37 Å². The first kappa shape index (κ1) is 15.0. The van der Waals surface area contributed by atoms with Gasteiger partial charge in [0.1, 0.15) is 11.6 Å². The van der Waals surface area contributed by atoms with Crippen LogP contribution < -0.4 is 10.2 Å². The average Bonchev–Trinajstić information content (AvgIpc) is 2.56. The SMILES string of the molecule is Cc1cc(N(C)c2ccccc2)nc(Nc2ccccc2F)n1. The van der Waals surface area contributed by atoms with Crippen molar-refractivity contribution in [2.45, 2.75) is 6.92 Å². The van der Waals surface area contributed by atoms with Crippen molar-refractivity contribution in [2.75, 3.05) is 17.3 Å². The number of aryl methyl sites for hydroxylation is 1. The smallest absolute Gasteiger partial charge is 0.229 e. The summed E-state index contributed by atoms with van der Waals surface area (Å²) in [5, 5.41) is 2.94. The molecule has 0 unspecified atom stereocenters. The summed E-state index contributed by atoms with van der Waals surface area (Å²) in [6.07, 6.45) is 0. The topological polar surface area (TPSA) is 41.1 Å². The van der Waals surface area contributed by atoms with Crippen molar-refractivity contribution in [3.8, 4) is 0 Å². The van der Waals surface area contributed by atoms with Crippen LogP contribution in [-0.4, -0.2) is 17.0 Å². The third kappa shape index (κ3) is 3.45. The largest absolute Gasteiger partial charge is 0.329 e. The van der Waals surface area contributed by atoms with Gasteiger partial charge in [-0.2, -0.15) is 4.98 Å². The highest BCUT2D eigenvalue weighted by Gasteiger charge is 2.10. The third-order valence-electron chi connectivity index (χ3n) is 3.45. The van der Waals surface area contributed by atoms with E-state index in [1.807, 2.05) is 55.3 Å². The van der Waals surface area contributed by atoms with Crippen molar-refractivity contribution < 1.29 is 4.39 Å². The van der Waals surface area contributed by atoms with Gasteiger partial charge in [-0.15, -0.1) is 0 Å². The van der Waals surface area contributed by atoms with Gasteiger partial charge >= 0.3 is 0 Å². The number of aromatic nitrogens is 2. The van der Waals surface area contributed by atoms with Crippen LogP contribution in [0.25, 0.3) is 0 Å². The van der Waals surface area contributed by atoms with Crippen molar-refractivity contribution in [1.82, 2.24) is 9.97 Å². The standard InChI is InChI=1S/C18H17FN4/c1-13-12-17(23(2)14-8-4-3-5-9-14)22-18(20-13)21-16-11-7-6-10-15(16)19/h3-12H,1-2H3,(H,20,21,22). The molecule has 0 amide bonds. The minimum Gasteiger partial charge on any atom is -0.329 e. The van der Waals surface area contributed by atoms with Crippen LogP contribution in [0.3, 0.4) is 0 Å². The zero-order chi connectivity index (χ0) is 16.2. The molecule has 1 N–H and O–H groups in total. The third-order valence-corrected chi connectivity index (χ3v) is 3.45. The summed E-state index contributed by atoms with van der Waals surface area (Å²) in [6.45, 7) is 1.89. The summed E-state index contributed by atoms with van der Waals surface area (Å²) in [5.41, 5.74) is 2.17. The zero-order valence-electron chi connectivity index (χ0n) is 13.0. The Labute approximate surface area is 134 Å². The summed E-state index contributed by atoms with van der Waals surface area (Å²) < 4.78 is 13.8. The normalized spacial score (nSPS) is 10.4. The Kier molecular flexibility index (Phi) is 4.19. The molecule has 23 heavy (non-hydrogen) atoms. The lowest BCUT2D eigenvalue weighted by molar-refractivity contribution is 0.631. The van der Waals surface area contributed by atoms with E-state index in [1.54, 1.807) is 18.2 Å². The quantitative estimate of drug-likeness (QED) is 0.774. The molecule has 0 aliphatic carbocycles. The van der Waals surface area contributed by atoms with Gasteiger partial charge in [0.05, 0.1) is 5.69 Å². The van der Waals surface area contributed by atoms with Gasteiger partial charge in [0.2, 0.25) is 5.95 Å². The van der Waals surface area contributed by atoms with Crippen LogP contribution in [0.2, 0.25) is 0 Å². The van der Waals surface area contributed by atoms with Gasteiger partial charge in [-0.3, -0.25) is 0 Å². The fraction of sp³-hybridized carbons (Fsp3) is 0.111. The lowest BCUT2D eigenvalue weighted by atomic mass is 10.3. The van der Waals surface area contributed by atoms with Crippen molar-refractivity contribution in [3.05, 3.63) is 72.2 Å². The highest BCUT2D eigenvalue weighted by molar-refractivity contribution is 5.62. The van der Waals surface area contributed by atoms with E-state index in [1.165, 1.54) is 6.07 Å². The highest BCUT2D eigenvalue weighted by atomic mass is 19.1. The molecule has 0 saturated carbocycles. The zero-order valence-corrected chi connectivity index (χ0v) is 13.0. The molecule has 2 aromatic carbocycles. The number of halogens is 1. The predicted molar refractivity (Wildman–Crippen MR) is 91.0 cm³/mol. The van der Waals surface area contributed by atoms with E-state index in [4.69, 9.17) is 0 Å². The molecular formula is C18H17FN4. The number of nitrogens with one attached hydrogen (secondary N) is 1. The Hall–Kier alpha value is -2.95. The number of nitrogens with zero attached hydrogens (tertiary/aromatic N) is 3. The van der Waals surface area contributed by atoms with E-state index in [-0.39, 0.29) is 5.82 Å². The van der Waals surface area contributed by atoms with Crippen molar-refractivity contribution in [3.63, 3.8) is 0 Å². The molecular weight excluding hydrogens is 291 g/mol. The van der Waals surface area contributed by atoms with Crippen molar-refractivity contribution in [1.29, 1.82) is 0 Å². The maximum atomic E-state index is 13.8. The Balaban J connectivity index is 1.92. The van der Waals surface area contributed by atoms with Crippen LogP contribution in [0.1, 0.15) is 5.69 Å². The fourth-order valence-corrected chi connectivity index (χ4v) is 2.25. The van der Waals surface area contributed by atoms with E-state index >= 15 is 0 Å². The van der Waals surface area contributed by atoms with Gasteiger partial charge in [0, 0.05) is 24.5 Å². The molecule has 0 bridgehead atoms. The molecule has 1 aromatic heterocycles. The molecule has 0 atom stereocenters. The lowest BCUT2D eigenvalue weighted by Gasteiger charge is -2.19. The fourth-order valence-electron chi connectivity index (χ4n) is 2.25. The van der Waals surface area contributed by atoms with Crippen LogP contribution >= 0.6 is 0 Å². The average molecular weight is 308 g/mol. The molecule has 4 nitrogen and oxygen atoms in total. The number of rotatable bonds is 4. The number of anilines is 4. The van der Waals surface area contributed by atoms with Crippen LogP contribution in [0.5, 0.6) is 0 Å². The second-order valence-corrected chi connectivity index (χ2v) is 5.19. The lowest BCUT2D eigenvalue weighted by Crippen LogP contribution is -2.13. The summed E-state index contributed by atoms with van der Waals surface area (Å²) in [5.74, 6) is 0.769. The first-order valence-electron chi connectivity index (χ1n) is 7.29. The maximum absolute atomic E-state index is 13.8. The summed E-state index contributed by atoms with van der Waals surface area (Å²) in [6, 6.07) is 18.3. The molecule has 0 aliphatic heterocycles. The minimum atomic E-state index is -0.337. The molecule has 3 aromatic rings. The number of benzene rings is 2. The summed E-state index contributed by atoms with van der Waals surface area (Å²) in [4.78, 5) is 10.8. The second-order valence-electron chi connectivity index (χ2n) is 5.19. The Bertz CT molecular complexity index is 805. The summed E-state index contributed by atoms with van der Waals surface area (Å²) >= 11 is 0. The van der Waals surface area contributed by atoms with E-state index < -0.39 is 0 Å². The monoisotopic (exact) mass is 308 g/mol. The molecule has 0 fully saturated rings. The van der Waals surface area contributed by atoms with E-state index in [2.05, 4.69) is 15.3 Å². The van der Waals surface area contributed by atoms with Crippen LogP contribution in [-0.2, 0) is 0 Å². The molecule has 1 heterocycles. The molecule has 0 aliphatic rings. The van der Waals surface area contributed by atoms with Gasteiger partial charge in [0.25, 0.3) is 0 Å². The number of hydrogen-bond acceptors (Lipinski definition) is 4. The van der Waals surface area contributed by atoms with E-state index in [9.17, 15) is 4.39 Å². The molecule has 0 radical (unpaired) electrons. The summed E-state index contributed by atoms with van der Waals surface area (Å²) in [7, 11) is 1.93. The first-order valence-corrected chi connectivity index (χ1v) is 7.29. The number of para-hydroxylation sites is 2. The van der Waals surface area contributed by atoms with Gasteiger partial charge < -0.3 is 10.2 Å². The predicted octanol–water partition coefficient (Wildman–Crippen LogP) is 4.44. The molecule has 3 rings (SSSR count). The molecule has 0 saturated heterocycles. The Morgan fingerprint density at radius 1 is 0.957 bits per heavy atom. The Morgan fingerprint density at radius 2 is 1.65 bits per heavy atom. The molecule has 5 heteroatoms. The van der Waals surface area contributed by atoms with Crippen LogP contribution in [0.4, 0.5) is 27.5 Å². The van der Waals surface area contributed by atoms with Crippen LogP contribution in [0, 0.1) is 12.7 Å². The van der Waals surface area contributed by atoms with Gasteiger partial charge in [-0.05, 0) is 31.2 Å². The first-order chi connectivity index (χ1) is 11.1. The van der Waals surface area contributed by atoms with Gasteiger partial charge in [0.15, 0.2) is 0 Å². The minimum absolute atomic E-state index is 0.337. The Morgan fingerprint density at radius 3 is 2.39 bits per heavy atom. The van der Waals surface area contributed by atoms with E-state index in [0.717, 1.165) is 17.2 Å². The maximum Gasteiger partial charge on any atom is 0.229 e. The van der Waals surface area contributed by atoms with Crippen molar-refractivity contribution in [2.24, 2.45) is 0 Å².